The van der Waals surface area contributed by atoms with Crippen molar-refractivity contribution in [1.29, 1.82) is 0 Å². The van der Waals surface area contributed by atoms with Crippen molar-refractivity contribution < 1.29 is 23.8 Å². The van der Waals surface area contributed by atoms with Gasteiger partial charge in [-0.3, -0.25) is 4.79 Å². The van der Waals surface area contributed by atoms with Crippen LogP contribution < -0.4 is 9.47 Å². The van der Waals surface area contributed by atoms with Gasteiger partial charge in [0, 0.05) is 7.05 Å². The zero-order valence-corrected chi connectivity index (χ0v) is 16.4. The van der Waals surface area contributed by atoms with Gasteiger partial charge in [0.15, 0.2) is 18.1 Å². The van der Waals surface area contributed by atoms with Crippen molar-refractivity contribution in [3.8, 4) is 11.5 Å². The zero-order chi connectivity index (χ0) is 20.0. The number of rotatable bonds is 7. The lowest BCUT2D eigenvalue weighted by Crippen LogP contribution is -2.33. The van der Waals surface area contributed by atoms with Gasteiger partial charge < -0.3 is 19.1 Å². The number of hydrogen-bond acceptors (Lipinski definition) is 5. The maximum Gasteiger partial charge on any atom is 0.338 e. The Kier molecular flexibility index (Phi) is 7.07. The number of likely N-dealkylation sites (N-methyl/N-ethyl adjacent to an activating group) is 1. The summed E-state index contributed by atoms with van der Waals surface area (Å²) in [5.41, 5.74) is 1.16. The molecule has 0 radical (unpaired) electrons. The predicted octanol–water partition coefficient (Wildman–Crippen LogP) is 3.73. The van der Waals surface area contributed by atoms with Crippen molar-refractivity contribution in [2.45, 2.75) is 13.0 Å². The minimum Gasteiger partial charge on any atom is -0.493 e. The molecule has 0 saturated carbocycles. The van der Waals surface area contributed by atoms with Gasteiger partial charge in [-0.05, 0) is 24.6 Å². The molecule has 0 aliphatic heterocycles. The van der Waals surface area contributed by atoms with Gasteiger partial charge in [0.25, 0.3) is 5.91 Å². The summed E-state index contributed by atoms with van der Waals surface area (Å²) in [6, 6.07) is 12.3. The number of ether oxygens (including phenoxy) is 3. The number of hydrogen-bond donors (Lipinski definition) is 0. The Morgan fingerprint density at radius 1 is 1.11 bits per heavy atom. The van der Waals surface area contributed by atoms with Crippen molar-refractivity contribution >= 4 is 23.5 Å². The molecule has 2 aromatic carbocycles. The Balaban J connectivity index is 2.02. The van der Waals surface area contributed by atoms with E-state index in [0.717, 1.165) is 5.56 Å². The molecule has 0 fully saturated rings. The van der Waals surface area contributed by atoms with Crippen LogP contribution in [0.5, 0.6) is 11.5 Å². The van der Waals surface area contributed by atoms with Crippen molar-refractivity contribution in [3.05, 3.63) is 58.6 Å². The number of amides is 1. The molecule has 0 heterocycles. The highest BCUT2D eigenvalue weighted by atomic mass is 35.5. The third kappa shape index (κ3) is 4.92. The van der Waals surface area contributed by atoms with Crippen LogP contribution in [0.25, 0.3) is 0 Å². The van der Waals surface area contributed by atoms with Crippen LogP contribution in [0.3, 0.4) is 0 Å². The Morgan fingerprint density at radius 2 is 1.78 bits per heavy atom. The van der Waals surface area contributed by atoms with Gasteiger partial charge in [-0.2, -0.15) is 0 Å². The third-order valence-corrected chi connectivity index (χ3v) is 4.53. The lowest BCUT2D eigenvalue weighted by molar-refractivity contribution is -0.135. The number of carbonyl (C=O) groups excluding carboxylic acids is 2. The standard InChI is InChI=1S/C20H22ClNO5/c1-13(14-8-6-5-7-9-14)22(2)18(23)12-27-20(24)15-10-16(21)19(26-4)17(11-15)25-3/h5-11,13H,12H2,1-4H3/t13-/m0/s1. The van der Waals surface area contributed by atoms with E-state index >= 15 is 0 Å². The van der Waals surface area contributed by atoms with Gasteiger partial charge in [-0.25, -0.2) is 4.79 Å². The summed E-state index contributed by atoms with van der Waals surface area (Å²) < 4.78 is 15.4. The molecule has 27 heavy (non-hydrogen) atoms. The SMILES string of the molecule is COc1cc(C(=O)OCC(=O)N(C)[C@@H](C)c2ccccc2)cc(Cl)c1OC. The number of esters is 1. The molecule has 2 rings (SSSR count). The van der Waals surface area contributed by atoms with E-state index in [-0.39, 0.29) is 29.1 Å². The first-order valence-corrected chi connectivity index (χ1v) is 8.66. The maximum absolute atomic E-state index is 12.4. The molecule has 0 aliphatic carbocycles. The molecule has 0 N–H and O–H groups in total. The van der Waals surface area contributed by atoms with Crippen LogP contribution in [0.1, 0.15) is 28.9 Å². The van der Waals surface area contributed by atoms with E-state index in [0.29, 0.717) is 11.5 Å². The van der Waals surface area contributed by atoms with Crippen molar-refractivity contribution in [3.63, 3.8) is 0 Å². The molecule has 1 amide bonds. The van der Waals surface area contributed by atoms with Crippen molar-refractivity contribution in [2.75, 3.05) is 27.9 Å². The van der Waals surface area contributed by atoms with Crippen LogP contribution in [0.15, 0.2) is 42.5 Å². The van der Waals surface area contributed by atoms with Gasteiger partial charge in [0.05, 0.1) is 30.8 Å². The summed E-state index contributed by atoms with van der Waals surface area (Å²) in [4.78, 5) is 26.2. The van der Waals surface area contributed by atoms with E-state index in [4.69, 9.17) is 25.8 Å². The molecule has 0 unspecified atom stereocenters. The molecule has 2 aromatic rings. The molecular formula is C20H22ClNO5. The maximum atomic E-state index is 12.4. The highest BCUT2D eigenvalue weighted by molar-refractivity contribution is 6.32. The summed E-state index contributed by atoms with van der Waals surface area (Å²) in [7, 11) is 4.55. The van der Waals surface area contributed by atoms with Gasteiger partial charge in [-0.15, -0.1) is 0 Å². The van der Waals surface area contributed by atoms with Crippen LogP contribution in [0.4, 0.5) is 0 Å². The Morgan fingerprint density at radius 3 is 2.37 bits per heavy atom. The second kappa shape index (κ2) is 9.28. The van der Waals surface area contributed by atoms with Gasteiger partial charge >= 0.3 is 5.97 Å². The number of methoxy groups -OCH3 is 2. The van der Waals surface area contributed by atoms with Crippen LogP contribution >= 0.6 is 11.6 Å². The van der Waals surface area contributed by atoms with E-state index in [1.165, 1.54) is 31.3 Å². The van der Waals surface area contributed by atoms with Crippen molar-refractivity contribution in [1.82, 2.24) is 4.90 Å². The van der Waals surface area contributed by atoms with E-state index in [1.807, 2.05) is 37.3 Å². The minimum absolute atomic E-state index is 0.145. The molecule has 1 atom stereocenters. The van der Waals surface area contributed by atoms with E-state index in [1.54, 1.807) is 7.05 Å². The minimum atomic E-state index is -0.674. The molecular weight excluding hydrogens is 370 g/mol. The first-order chi connectivity index (χ1) is 12.9. The molecule has 0 aromatic heterocycles. The summed E-state index contributed by atoms with van der Waals surface area (Å²) in [5.74, 6) is -0.362. The van der Waals surface area contributed by atoms with Crippen LogP contribution in [-0.2, 0) is 9.53 Å². The topological polar surface area (TPSA) is 65.1 Å². The second-order valence-electron chi connectivity index (χ2n) is 5.86. The van der Waals surface area contributed by atoms with Gasteiger partial charge in [-0.1, -0.05) is 41.9 Å². The van der Waals surface area contributed by atoms with E-state index in [2.05, 4.69) is 0 Å². The fourth-order valence-electron chi connectivity index (χ4n) is 2.52. The average Bonchev–Trinajstić information content (AvgIpc) is 2.70. The van der Waals surface area contributed by atoms with E-state index < -0.39 is 5.97 Å². The monoisotopic (exact) mass is 391 g/mol. The molecule has 0 bridgehead atoms. The van der Waals surface area contributed by atoms with E-state index in [9.17, 15) is 9.59 Å². The Labute approximate surface area is 163 Å². The third-order valence-electron chi connectivity index (χ3n) is 4.25. The number of nitrogens with zero attached hydrogens (tertiary/aromatic N) is 1. The summed E-state index contributed by atoms with van der Waals surface area (Å²) in [6.07, 6.45) is 0. The quantitative estimate of drug-likeness (QED) is 0.673. The van der Waals surface area contributed by atoms with Crippen molar-refractivity contribution in [2.24, 2.45) is 0 Å². The summed E-state index contributed by atoms with van der Waals surface area (Å²) >= 11 is 6.09. The Bertz CT molecular complexity index is 810. The molecule has 0 saturated heterocycles. The fourth-order valence-corrected chi connectivity index (χ4v) is 2.81. The molecule has 0 aliphatic rings. The Hall–Kier alpha value is -2.73. The average molecular weight is 392 g/mol. The number of halogens is 1. The predicted molar refractivity (Wildman–Crippen MR) is 102 cm³/mol. The largest absolute Gasteiger partial charge is 0.493 e. The smallest absolute Gasteiger partial charge is 0.338 e. The van der Waals surface area contributed by atoms with Gasteiger partial charge in [0.2, 0.25) is 0 Å². The molecule has 6 nitrogen and oxygen atoms in total. The highest BCUT2D eigenvalue weighted by Crippen LogP contribution is 2.36. The van der Waals surface area contributed by atoms with Gasteiger partial charge in [0.1, 0.15) is 0 Å². The van der Waals surface area contributed by atoms with Crippen LogP contribution in [0, 0.1) is 0 Å². The normalized spacial score (nSPS) is 11.4. The zero-order valence-electron chi connectivity index (χ0n) is 15.7. The lowest BCUT2D eigenvalue weighted by atomic mass is 10.1. The molecule has 144 valence electrons. The first-order valence-electron chi connectivity index (χ1n) is 8.28. The molecule has 0 spiro atoms. The summed E-state index contributed by atoms with van der Waals surface area (Å²) in [5, 5.41) is 0.213. The lowest BCUT2D eigenvalue weighted by Gasteiger charge is -2.25. The highest BCUT2D eigenvalue weighted by Gasteiger charge is 2.21. The fraction of sp³-hybridized carbons (Fsp3) is 0.300. The second-order valence-corrected chi connectivity index (χ2v) is 6.27. The number of benzene rings is 2. The number of carbonyl (C=O) groups is 2. The molecule has 7 heteroatoms. The summed E-state index contributed by atoms with van der Waals surface area (Å²) in [6.45, 7) is 1.53. The van der Waals surface area contributed by atoms with Crippen LogP contribution in [0.2, 0.25) is 5.02 Å². The van der Waals surface area contributed by atoms with Crippen LogP contribution in [-0.4, -0.2) is 44.7 Å². The first kappa shape index (κ1) is 20.6.